The Hall–Kier alpha value is -1.88. The molecule has 24 heavy (non-hydrogen) atoms. The van der Waals surface area contributed by atoms with Gasteiger partial charge in [0.15, 0.2) is 6.10 Å². The van der Waals surface area contributed by atoms with Gasteiger partial charge in [-0.3, -0.25) is 14.9 Å². The molecule has 5 nitrogen and oxygen atoms in total. The number of rotatable bonds is 4. The van der Waals surface area contributed by atoms with Crippen molar-refractivity contribution < 1.29 is 14.3 Å². The van der Waals surface area contributed by atoms with E-state index in [4.69, 9.17) is 4.74 Å². The Morgan fingerprint density at radius 3 is 2.58 bits per heavy atom. The first-order chi connectivity index (χ1) is 11.5. The minimum Gasteiger partial charge on any atom is -0.481 e. The molecule has 0 bridgehead atoms. The number of ether oxygens (including phenoxy) is 1. The van der Waals surface area contributed by atoms with Crippen LogP contribution in [-0.2, 0) is 9.59 Å². The molecule has 2 aliphatic rings. The number of likely N-dealkylation sites (tertiary alicyclic amines) is 1. The van der Waals surface area contributed by atoms with Crippen LogP contribution >= 0.6 is 0 Å². The molecule has 2 saturated heterocycles. The highest BCUT2D eigenvalue weighted by Gasteiger charge is 2.28. The van der Waals surface area contributed by atoms with Gasteiger partial charge in [-0.15, -0.1) is 0 Å². The Bertz CT molecular complexity index is 597. The molecular weight excluding hydrogens is 304 g/mol. The van der Waals surface area contributed by atoms with E-state index in [0.717, 1.165) is 6.54 Å². The summed E-state index contributed by atoms with van der Waals surface area (Å²) in [6, 6.07) is 8.68. The van der Waals surface area contributed by atoms with Gasteiger partial charge in [0, 0.05) is 25.4 Å². The Morgan fingerprint density at radius 2 is 1.92 bits per heavy atom. The van der Waals surface area contributed by atoms with Crippen molar-refractivity contribution in [1.29, 1.82) is 0 Å². The van der Waals surface area contributed by atoms with E-state index in [1.807, 2.05) is 12.1 Å². The van der Waals surface area contributed by atoms with Gasteiger partial charge in [0.05, 0.1) is 0 Å². The maximum Gasteiger partial charge on any atom is 0.267 e. The van der Waals surface area contributed by atoms with Crippen molar-refractivity contribution in [2.45, 2.75) is 57.6 Å². The third-order valence-electron chi connectivity index (χ3n) is 5.00. The minimum atomic E-state index is -0.570. The molecule has 5 heteroatoms. The molecule has 0 aromatic heterocycles. The first-order valence-corrected chi connectivity index (χ1v) is 8.87. The number of nitrogens with zero attached hydrogens (tertiary/aromatic N) is 1. The molecule has 1 N–H and O–H groups in total. The molecule has 2 unspecified atom stereocenters. The Labute approximate surface area is 143 Å². The summed E-state index contributed by atoms with van der Waals surface area (Å²) in [6.07, 6.45) is 2.66. The SMILES string of the molecule is CC(C)N1CCCC(c2ccc(OC3CCC(=O)NC3=O)cc2)C1. The van der Waals surface area contributed by atoms with E-state index < -0.39 is 6.10 Å². The molecule has 2 aliphatic heterocycles. The van der Waals surface area contributed by atoms with Crippen LogP contribution in [0.15, 0.2) is 24.3 Å². The van der Waals surface area contributed by atoms with Crippen LogP contribution < -0.4 is 10.1 Å². The maximum atomic E-state index is 11.8. The van der Waals surface area contributed by atoms with Crippen LogP contribution in [0, 0.1) is 0 Å². The maximum absolute atomic E-state index is 11.8. The minimum absolute atomic E-state index is 0.220. The highest BCUT2D eigenvalue weighted by molar-refractivity contribution is 5.99. The van der Waals surface area contributed by atoms with Crippen molar-refractivity contribution in [3.8, 4) is 5.75 Å². The molecule has 2 atom stereocenters. The number of carbonyl (C=O) groups excluding carboxylic acids is 2. The van der Waals surface area contributed by atoms with E-state index in [0.29, 0.717) is 30.6 Å². The summed E-state index contributed by atoms with van der Waals surface area (Å²) in [6.45, 7) is 6.79. The van der Waals surface area contributed by atoms with Crippen molar-refractivity contribution in [2.75, 3.05) is 13.1 Å². The molecule has 2 heterocycles. The van der Waals surface area contributed by atoms with Crippen LogP contribution in [0.4, 0.5) is 0 Å². The molecule has 2 amide bonds. The number of hydrogen-bond acceptors (Lipinski definition) is 4. The molecule has 3 rings (SSSR count). The van der Waals surface area contributed by atoms with E-state index in [9.17, 15) is 9.59 Å². The summed E-state index contributed by atoms with van der Waals surface area (Å²) >= 11 is 0. The molecule has 0 radical (unpaired) electrons. The summed E-state index contributed by atoms with van der Waals surface area (Å²) in [5.74, 6) is 0.688. The van der Waals surface area contributed by atoms with Crippen LogP contribution in [0.2, 0.25) is 0 Å². The lowest BCUT2D eigenvalue weighted by atomic mass is 9.90. The van der Waals surface area contributed by atoms with Crippen LogP contribution in [0.3, 0.4) is 0 Å². The summed E-state index contributed by atoms with van der Waals surface area (Å²) in [5, 5.41) is 2.32. The molecule has 1 aromatic carbocycles. The summed E-state index contributed by atoms with van der Waals surface area (Å²) in [5.41, 5.74) is 1.33. The fourth-order valence-electron chi connectivity index (χ4n) is 3.52. The zero-order chi connectivity index (χ0) is 17.1. The van der Waals surface area contributed by atoms with Crippen molar-refractivity contribution in [3.05, 3.63) is 29.8 Å². The van der Waals surface area contributed by atoms with Gasteiger partial charge in [-0.25, -0.2) is 0 Å². The third-order valence-corrected chi connectivity index (χ3v) is 5.00. The van der Waals surface area contributed by atoms with Gasteiger partial charge in [0.1, 0.15) is 5.75 Å². The van der Waals surface area contributed by atoms with E-state index in [1.165, 1.54) is 24.9 Å². The fraction of sp³-hybridized carbons (Fsp3) is 0.579. The average molecular weight is 330 g/mol. The summed E-state index contributed by atoms with van der Waals surface area (Å²) < 4.78 is 5.74. The predicted octanol–water partition coefficient (Wildman–Crippen LogP) is 2.46. The molecular formula is C19H26N2O3. The molecule has 2 fully saturated rings. The van der Waals surface area contributed by atoms with E-state index in [-0.39, 0.29) is 11.8 Å². The van der Waals surface area contributed by atoms with Gasteiger partial charge < -0.3 is 9.64 Å². The Morgan fingerprint density at radius 1 is 1.17 bits per heavy atom. The normalized spacial score (nSPS) is 25.6. The zero-order valence-corrected chi connectivity index (χ0v) is 14.5. The number of amides is 2. The molecule has 0 aliphatic carbocycles. The summed E-state index contributed by atoms with van der Waals surface area (Å²) in [4.78, 5) is 25.5. The molecule has 130 valence electrons. The predicted molar refractivity (Wildman–Crippen MR) is 91.9 cm³/mol. The van der Waals surface area contributed by atoms with Crippen LogP contribution in [0.5, 0.6) is 5.75 Å². The monoisotopic (exact) mass is 330 g/mol. The number of nitrogens with one attached hydrogen (secondary N) is 1. The van der Waals surface area contributed by atoms with Gasteiger partial charge in [-0.1, -0.05) is 12.1 Å². The van der Waals surface area contributed by atoms with Gasteiger partial charge in [0.2, 0.25) is 5.91 Å². The lowest BCUT2D eigenvalue weighted by molar-refractivity contribution is -0.138. The number of piperidine rings is 2. The quantitative estimate of drug-likeness (QED) is 0.862. The van der Waals surface area contributed by atoms with Crippen molar-refractivity contribution >= 4 is 11.8 Å². The molecule has 0 spiro atoms. The number of hydrogen-bond donors (Lipinski definition) is 1. The fourth-order valence-corrected chi connectivity index (χ4v) is 3.52. The van der Waals surface area contributed by atoms with Crippen LogP contribution in [0.1, 0.15) is 51.0 Å². The van der Waals surface area contributed by atoms with Gasteiger partial charge in [-0.2, -0.15) is 0 Å². The first kappa shape index (κ1) is 17.0. The first-order valence-electron chi connectivity index (χ1n) is 8.87. The second-order valence-corrected chi connectivity index (χ2v) is 7.05. The lowest BCUT2D eigenvalue weighted by Crippen LogP contribution is -2.46. The van der Waals surface area contributed by atoms with E-state index in [2.05, 4.69) is 36.2 Å². The van der Waals surface area contributed by atoms with E-state index >= 15 is 0 Å². The second-order valence-electron chi connectivity index (χ2n) is 7.05. The number of benzene rings is 1. The van der Waals surface area contributed by atoms with Crippen LogP contribution in [-0.4, -0.2) is 41.9 Å². The molecule has 1 aromatic rings. The van der Waals surface area contributed by atoms with Crippen molar-refractivity contribution in [2.24, 2.45) is 0 Å². The van der Waals surface area contributed by atoms with Gasteiger partial charge in [-0.05, 0) is 56.8 Å². The second kappa shape index (κ2) is 7.34. The zero-order valence-electron chi connectivity index (χ0n) is 14.5. The largest absolute Gasteiger partial charge is 0.481 e. The third kappa shape index (κ3) is 3.96. The topological polar surface area (TPSA) is 58.6 Å². The van der Waals surface area contributed by atoms with Crippen molar-refractivity contribution in [3.63, 3.8) is 0 Å². The highest BCUT2D eigenvalue weighted by Crippen LogP contribution is 2.29. The summed E-state index contributed by atoms with van der Waals surface area (Å²) in [7, 11) is 0. The smallest absolute Gasteiger partial charge is 0.267 e. The molecule has 0 saturated carbocycles. The van der Waals surface area contributed by atoms with E-state index in [1.54, 1.807) is 0 Å². The average Bonchev–Trinajstić information content (AvgIpc) is 2.58. The van der Waals surface area contributed by atoms with Gasteiger partial charge >= 0.3 is 0 Å². The number of imide groups is 1. The standard InChI is InChI=1S/C19H26N2O3/c1-13(2)21-11-3-4-15(12-21)14-5-7-16(8-6-14)24-17-9-10-18(22)20-19(17)23/h5-8,13,15,17H,3-4,9-12H2,1-2H3,(H,20,22,23). The highest BCUT2D eigenvalue weighted by atomic mass is 16.5. The number of carbonyl (C=O) groups is 2. The van der Waals surface area contributed by atoms with Gasteiger partial charge in [0.25, 0.3) is 5.91 Å². The Kier molecular flexibility index (Phi) is 5.19. The Balaban J connectivity index is 1.61. The van der Waals surface area contributed by atoms with Crippen LogP contribution in [0.25, 0.3) is 0 Å². The van der Waals surface area contributed by atoms with Crippen molar-refractivity contribution in [1.82, 2.24) is 10.2 Å². The lowest BCUT2D eigenvalue weighted by Gasteiger charge is -2.35.